The number of allylic oxidation sites excluding steroid dienone is 1. The molecule has 0 bridgehead atoms. The molecule has 1 unspecified atom stereocenters. The molecule has 1 N–H and O–H groups in total. The topological polar surface area (TPSA) is 29.1 Å². The van der Waals surface area contributed by atoms with Crippen LogP contribution >= 0.6 is 22.6 Å². The van der Waals surface area contributed by atoms with Crippen molar-refractivity contribution in [3.05, 3.63) is 81.9 Å². The van der Waals surface area contributed by atoms with E-state index in [1.54, 1.807) is 0 Å². The van der Waals surface area contributed by atoms with Crippen molar-refractivity contribution in [1.82, 2.24) is 5.32 Å². The van der Waals surface area contributed by atoms with E-state index in [4.69, 9.17) is 0 Å². The van der Waals surface area contributed by atoms with Gasteiger partial charge in [0.15, 0.2) is 0 Å². The summed E-state index contributed by atoms with van der Waals surface area (Å²) in [4.78, 5) is 12.9. The molecule has 0 fully saturated rings. The first-order valence-corrected chi connectivity index (χ1v) is 8.73. The molecular formula is C20H22INO. The number of halogens is 1. The van der Waals surface area contributed by atoms with Crippen molar-refractivity contribution in [2.24, 2.45) is 5.41 Å². The number of carbonyl (C=O) groups is 1. The van der Waals surface area contributed by atoms with Crippen LogP contribution in [0.5, 0.6) is 0 Å². The third-order valence-electron chi connectivity index (χ3n) is 4.06. The number of carbonyl (C=O) groups excluding carboxylic acids is 1. The summed E-state index contributed by atoms with van der Waals surface area (Å²) in [6.45, 7) is 8.56. The maximum absolute atomic E-state index is 12.9. The number of hydrogen-bond acceptors (Lipinski definition) is 1. The molecule has 2 nitrogen and oxygen atoms in total. The maximum atomic E-state index is 12.9. The third-order valence-corrected chi connectivity index (χ3v) is 5.04. The Morgan fingerprint density at radius 3 is 2.39 bits per heavy atom. The molecule has 2 rings (SSSR count). The number of benzene rings is 2. The average Bonchev–Trinajstić information content (AvgIpc) is 2.56. The van der Waals surface area contributed by atoms with Gasteiger partial charge >= 0.3 is 0 Å². The Morgan fingerprint density at radius 2 is 1.78 bits per heavy atom. The fourth-order valence-electron chi connectivity index (χ4n) is 2.59. The maximum Gasteiger partial charge on any atom is 0.228 e. The Kier molecular flexibility index (Phi) is 5.99. The number of nitrogens with one attached hydrogen (secondary N) is 1. The summed E-state index contributed by atoms with van der Waals surface area (Å²) in [5, 5.41) is 3.08. The first-order chi connectivity index (χ1) is 11.0. The molecule has 0 radical (unpaired) electrons. The molecule has 120 valence electrons. The summed E-state index contributed by atoms with van der Waals surface area (Å²) >= 11 is 2.29. The molecule has 0 spiro atoms. The van der Waals surface area contributed by atoms with Crippen molar-refractivity contribution in [3.63, 3.8) is 0 Å². The molecular weight excluding hydrogens is 397 g/mol. The van der Waals surface area contributed by atoms with Crippen LogP contribution in [0.2, 0.25) is 0 Å². The predicted octanol–water partition coefficient (Wildman–Crippen LogP) is 4.90. The lowest BCUT2D eigenvalue weighted by Crippen LogP contribution is -2.36. The van der Waals surface area contributed by atoms with Crippen LogP contribution in [-0.2, 0) is 11.3 Å². The Hall–Kier alpha value is -1.62. The minimum absolute atomic E-state index is 0.0304. The van der Waals surface area contributed by atoms with Crippen LogP contribution in [0.1, 0.15) is 30.9 Å². The summed E-state index contributed by atoms with van der Waals surface area (Å²) in [6, 6.07) is 18.0. The lowest BCUT2D eigenvalue weighted by molar-refractivity contribution is -0.124. The highest BCUT2D eigenvalue weighted by Crippen LogP contribution is 2.38. The molecule has 1 atom stereocenters. The van der Waals surface area contributed by atoms with Crippen LogP contribution in [0.25, 0.3) is 0 Å². The van der Waals surface area contributed by atoms with Crippen molar-refractivity contribution in [2.45, 2.75) is 26.3 Å². The van der Waals surface area contributed by atoms with Gasteiger partial charge in [0.1, 0.15) is 0 Å². The van der Waals surface area contributed by atoms with Crippen molar-refractivity contribution >= 4 is 28.5 Å². The lowest BCUT2D eigenvalue weighted by Gasteiger charge is -2.31. The second-order valence-electron chi connectivity index (χ2n) is 6.18. The summed E-state index contributed by atoms with van der Waals surface area (Å²) in [6.07, 6.45) is 1.86. The predicted molar refractivity (Wildman–Crippen MR) is 104 cm³/mol. The van der Waals surface area contributed by atoms with E-state index in [1.807, 2.05) is 60.7 Å². The Bertz CT molecular complexity index is 679. The smallest absolute Gasteiger partial charge is 0.228 e. The first kappa shape index (κ1) is 17.7. The van der Waals surface area contributed by atoms with Crippen LogP contribution in [0.4, 0.5) is 0 Å². The fourth-order valence-corrected chi connectivity index (χ4v) is 3.29. The molecule has 1 amide bonds. The molecule has 0 saturated heterocycles. The minimum Gasteiger partial charge on any atom is -0.351 e. The minimum atomic E-state index is -0.331. The molecule has 0 saturated carbocycles. The van der Waals surface area contributed by atoms with Crippen LogP contribution < -0.4 is 5.32 Å². The highest BCUT2D eigenvalue weighted by Gasteiger charge is 2.35. The fraction of sp³-hybridized carbons (Fsp3) is 0.250. The van der Waals surface area contributed by atoms with Crippen molar-refractivity contribution < 1.29 is 4.79 Å². The summed E-state index contributed by atoms with van der Waals surface area (Å²) in [7, 11) is 0. The zero-order valence-electron chi connectivity index (χ0n) is 13.6. The molecule has 23 heavy (non-hydrogen) atoms. The van der Waals surface area contributed by atoms with E-state index < -0.39 is 0 Å². The summed E-state index contributed by atoms with van der Waals surface area (Å²) in [5.41, 5.74) is 1.81. The van der Waals surface area contributed by atoms with Gasteiger partial charge in [-0.3, -0.25) is 4.79 Å². The zero-order valence-corrected chi connectivity index (χ0v) is 15.7. The molecule has 2 aromatic carbocycles. The van der Waals surface area contributed by atoms with Gasteiger partial charge in [-0.05, 0) is 45.2 Å². The van der Waals surface area contributed by atoms with Crippen LogP contribution in [0.3, 0.4) is 0 Å². The summed E-state index contributed by atoms with van der Waals surface area (Å²) < 4.78 is 1.10. The molecule has 0 aliphatic heterocycles. The monoisotopic (exact) mass is 419 g/mol. The number of hydrogen-bond donors (Lipinski definition) is 1. The van der Waals surface area contributed by atoms with E-state index in [-0.39, 0.29) is 17.2 Å². The molecule has 0 heterocycles. The van der Waals surface area contributed by atoms with Crippen LogP contribution in [0.15, 0.2) is 67.3 Å². The molecule has 0 aliphatic carbocycles. The molecule has 3 heteroatoms. The lowest BCUT2D eigenvalue weighted by atomic mass is 9.74. The average molecular weight is 419 g/mol. The van der Waals surface area contributed by atoms with Gasteiger partial charge in [-0.25, -0.2) is 0 Å². The van der Waals surface area contributed by atoms with E-state index in [0.717, 1.165) is 14.7 Å². The van der Waals surface area contributed by atoms with Crippen LogP contribution in [-0.4, -0.2) is 5.91 Å². The normalized spacial score (nSPS) is 12.5. The molecule has 2 aromatic rings. The Morgan fingerprint density at radius 1 is 1.17 bits per heavy atom. The standard InChI is InChI=1S/C20H22INO/c1-4-20(2,3)18(16-12-8-9-13-17(16)21)19(23)22-14-15-10-6-5-7-11-15/h4-13,18H,1,14H2,2-3H3,(H,22,23). The van der Waals surface area contributed by atoms with E-state index in [1.165, 1.54) is 0 Å². The van der Waals surface area contributed by atoms with Gasteiger partial charge in [0.05, 0.1) is 5.92 Å². The van der Waals surface area contributed by atoms with Gasteiger partial charge in [-0.2, -0.15) is 0 Å². The van der Waals surface area contributed by atoms with E-state index >= 15 is 0 Å². The second-order valence-corrected chi connectivity index (χ2v) is 7.35. The molecule has 0 aromatic heterocycles. The van der Waals surface area contributed by atoms with E-state index in [0.29, 0.717) is 6.54 Å². The second kappa shape index (κ2) is 7.77. The number of amides is 1. The largest absolute Gasteiger partial charge is 0.351 e. The van der Waals surface area contributed by atoms with E-state index in [9.17, 15) is 4.79 Å². The quantitative estimate of drug-likeness (QED) is 0.524. The van der Waals surface area contributed by atoms with Gasteiger partial charge in [0, 0.05) is 10.1 Å². The van der Waals surface area contributed by atoms with Gasteiger partial charge in [0.2, 0.25) is 5.91 Å². The van der Waals surface area contributed by atoms with Crippen molar-refractivity contribution in [3.8, 4) is 0 Å². The van der Waals surface area contributed by atoms with Gasteiger partial charge in [-0.1, -0.05) is 68.5 Å². The Balaban J connectivity index is 2.26. The highest BCUT2D eigenvalue weighted by atomic mass is 127. The van der Waals surface area contributed by atoms with E-state index in [2.05, 4.69) is 48.3 Å². The Labute approximate surface area is 152 Å². The SMILES string of the molecule is C=CC(C)(C)C(C(=O)NCc1ccccc1)c1ccccc1I. The molecule has 0 aliphatic rings. The van der Waals surface area contributed by atoms with Gasteiger partial charge < -0.3 is 5.32 Å². The van der Waals surface area contributed by atoms with Crippen LogP contribution in [0, 0.1) is 8.99 Å². The van der Waals surface area contributed by atoms with Gasteiger partial charge in [0.25, 0.3) is 0 Å². The highest BCUT2D eigenvalue weighted by molar-refractivity contribution is 14.1. The first-order valence-electron chi connectivity index (χ1n) is 7.65. The number of rotatable bonds is 6. The van der Waals surface area contributed by atoms with Crippen molar-refractivity contribution in [2.75, 3.05) is 0 Å². The zero-order chi connectivity index (χ0) is 16.9. The summed E-state index contributed by atoms with van der Waals surface area (Å²) in [5.74, 6) is -0.236. The van der Waals surface area contributed by atoms with Crippen molar-refractivity contribution in [1.29, 1.82) is 0 Å². The van der Waals surface area contributed by atoms with Gasteiger partial charge in [-0.15, -0.1) is 6.58 Å². The third kappa shape index (κ3) is 4.44.